The standard InChI is InChI=1S/C16H17N3O3/c1-11-6-7-20-16(22-11,9-15-17-10-18-19-15)14-8-12-4-2-3-5-13(12)21-14/h2-5,8,10-11H,6-7,9H2,1H3,(H,17,18,19)/t11-,16+/m1/s1. The van der Waals surface area contributed by atoms with Crippen LogP contribution in [-0.4, -0.2) is 27.9 Å². The maximum atomic E-state index is 6.16. The van der Waals surface area contributed by atoms with Crippen molar-refractivity contribution in [1.82, 2.24) is 15.2 Å². The van der Waals surface area contributed by atoms with Gasteiger partial charge in [-0.05, 0) is 25.5 Å². The van der Waals surface area contributed by atoms with Gasteiger partial charge < -0.3 is 13.9 Å². The van der Waals surface area contributed by atoms with Crippen LogP contribution in [-0.2, 0) is 21.7 Å². The van der Waals surface area contributed by atoms with E-state index in [0.717, 1.165) is 17.4 Å². The van der Waals surface area contributed by atoms with E-state index in [4.69, 9.17) is 13.9 Å². The first kappa shape index (κ1) is 13.5. The number of para-hydroxylation sites is 1. The maximum Gasteiger partial charge on any atom is 0.235 e. The van der Waals surface area contributed by atoms with Gasteiger partial charge in [0.05, 0.1) is 19.1 Å². The van der Waals surface area contributed by atoms with Crippen molar-refractivity contribution in [3.63, 3.8) is 0 Å². The molecular formula is C16H17N3O3. The molecule has 1 aliphatic rings. The first-order valence-corrected chi connectivity index (χ1v) is 7.40. The number of fused-ring (bicyclic) bond motifs is 1. The zero-order valence-corrected chi connectivity index (χ0v) is 12.3. The molecule has 0 unspecified atom stereocenters. The highest BCUT2D eigenvalue weighted by Crippen LogP contribution is 2.38. The van der Waals surface area contributed by atoms with Gasteiger partial charge in [-0.2, -0.15) is 5.10 Å². The second kappa shape index (κ2) is 5.23. The van der Waals surface area contributed by atoms with E-state index in [1.807, 2.05) is 37.3 Å². The lowest BCUT2D eigenvalue weighted by Gasteiger charge is -2.38. The van der Waals surface area contributed by atoms with Gasteiger partial charge >= 0.3 is 0 Å². The first-order chi connectivity index (χ1) is 10.8. The average molecular weight is 299 g/mol. The summed E-state index contributed by atoms with van der Waals surface area (Å²) in [5.74, 6) is 0.405. The molecular weight excluding hydrogens is 282 g/mol. The second-order valence-corrected chi connectivity index (χ2v) is 5.58. The largest absolute Gasteiger partial charge is 0.455 e. The predicted octanol–water partition coefficient (Wildman–Crippen LogP) is 2.77. The van der Waals surface area contributed by atoms with E-state index < -0.39 is 5.79 Å². The number of ether oxygens (including phenoxy) is 2. The van der Waals surface area contributed by atoms with E-state index >= 15 is 0 Å². The molecule has 0 spiro atoms. The molecule has 1 saturated heterocycles. The molecule has 6 heteroatoms. The zero-order chi connectivity index (χ0) is 15.0. The predicted molar refractivity (Wildman–Crippen MR) is 79.1 cm³/mol. The Morgan fingerprint density at radius 1 is 1.36 bits per heavy atom. The van der Waals surface area contributed by atoms with Crippen LogP contribution in [0.25, 0.3) is 11.0 Å². The van der Waals surface area contributed by atoms with Crippen molar-refractivity contribution in [1.29, 1.82) is 0 Å². The van der Waals surface area contributed by atoms with Crippen LogP contribution in [0.15, 0.2) is 41.1 Å². The third-order valence-corrected chi connectivity index (χ3v) is 3.92. The van der Waals surface area contributed by atoms with Crippen LogP contribution in [0.2, 0.25) is 0 Å². The minimum absolute atomic E-state index is 0.0879. The summed E-state index contributed by atoms with van der Waals surface area (Å²) in [4.78, 5) is 4.19. The van der Waals surface area contributed by atoms with Gasteiger partial charge in [0.1, 0.15) is 17.7 Å². The molecule has 0 amide bonds. The molecule has 3 heterocycles. The minimum Gasteiger partial charge on any atom is -0.455 e. The summed E-state index contributed by atoms with van der Waals surface area (Å²) in [5.41, 5.74) is 0.819. The fourth-order valence-electron chi connectivity index (χ4n) is 2.82. The molecule has 1 fully saturated rings. The van der Waals surface area contributed by atoms with Crippen molar-refractivity contribution < 1.29 is 13.9 Å². The van der Waals surface area contributed by atoms with Crippen molar-refractivity contribution >= 4 is 11.0 Å². The molecule has 4 rings (SSSR count). The number of H-pyrrole nitrogens is 1. The Kier molecular flexibility index (Phi) is 3.20. The van der Waals surface area contributed by atoms with Crippen LogP contribution in [0.5, 0.6) is 0 Å². The van der Waals surface area contributed by atoms with Crippen LogP contribution in [0.3, 0.4) is 0 Å². The van der Waals surface area contributed by atoms with Gasteiger partial charge in [0.25, 0.3) is 0 Å². The summed E-state index contributed by atoms with van der Waals surface area (Å²) in [6.45, 7) is 2.66. The number of furan rings is 1. The van der Waals surface area contributed by atoms with Crippen molar-refractivity contribution in [2.75, 3.05) is 6.61 Å². The normalized spacial score (nSPS) is 25.6. The Balaban J connectivity index is 1.78. The van der Waals surface area contributed by atoms with E-state index in [9.17, 15) is 0 Å². The molecule has 114 valence electrons. The average Bonchev–Trinajstić information content (AvgIpc) is 3.16. The summed E-state index contributed by atoms with van der Waals surface area (Å²) < 4.78 is 18.2. The number of nitrogens with one attached hydrogen (secondary N) is 1. The number of hydrogen-bond donors (Lipinski definition) is 1. The molecule has 1 N–H and O–H groups in total. The van der Waals surface area contributed by atoms with E-state index in [-0.39, 0.29) is 6.10 Å². The van der Waals surface area contributed by atoms with Crippen molar-refractivity contribution in [3.8, 4) is 0 Å². The van der Waals surface area contributed by atoms with Gasteiger partial charge in [0, 0.05) is 5.39 Å². The number of hydrogen-bond acceptors (Lipinski definition) is 5. The Bertz CT molecular complexity index is 735. The van der Waals surface area contributed by atoms with Gasteiger partial charge in [-0.3, -0.25) is 5.10 Å². The van der Waals surface area contributed by atoms with Gasteiger partial charge in [0.15, 0.2) is 5.76 Å². The minimum atomic E-state index is -0.962. The Morgan fingerprint density at radius 3 is 3.05 bits per heavy atom. The number of rotatable bonds is 3. The SMILES string of the molecule is C[C@@H]1CCO[C@](Cc2ncn[nH]2)(c2cc3ccccc3o2)O1. The third-order valence-electron chi connectivity index (χ3n) is 3.92. The van der Waals surface area contributed by atoms with E-state index in [1.54, 1.807) is 0 Å². The van der Waals surface area contributed by atoms with E-state index in [1.165, 1.54) is 6.33 Å². The number of nitrogens with zero attached hydrogens (tertiary/aromatic N) is 2. The van der Waals surface area contributed by atoms with Crippen molar-refractivity contribution in [3.05, 3.63) is 48.2 Å². The monoisotopic (exact) mass is 299 g/mol. The molecule has 0 aliphatic carbocycles. The van der Waals surface area contributed by atoms with Crippen molar-refractivity contribution in [2.45, 2.75) is 31.7 Å². The summed E-state index contributed by atoms with van der Waals surface area (Å²) in [6, 6.07) is 9.85. The lowest BCUT2D eigenvalue weighted by atomic mass is 10.1. The van der Waals surface area contributed by atoms with Crippen LogP contribution in [0, 0.1) is 0 Å². The van der Waals surface area contributed by atoms with Crippen molar-refractivity contribution in [2.24, 2.45) is 0 Å². The summed E-state index contributed by atoms with van der Waals surface area (Å²) >= 11 is 0. The topological polar surface area (TPSA) is 73.2 Å². The Labute approximate surface area is 127 Å². The van der Waals surface area contributed by atoms with Crippen LogP contribution < -0.4 is 0 Å². The molecule has 0 radical (unpaired) electrons. The first-order valence-electron chi connectivity index (χ1n) is 7.40. The van der Waals surface area contributed by atoms with E-state index in [0.29, 0.717) is 24.6 Å². The third kappa shape index (κ3) is 2.30. The Hall–Kier alpha value is -2.18. The number of benzene rings is 1. The quantitative estimate of drug-likeness (QED) is 0.805. The molecule has 1 aliphatic heterocycles. The molecule has 3 aromatic rings. The second-order valence-electron chi connectivity index (χ2n) is 5.58. The lowest BCUT2D eigenvalue weighted by Crippen LogP contribution is -2.43. The van der Waals surface area contributed by atoms with Gasteiger partial charge in [0.2, 0.25) is 5.79 Å². The molecule has 2 aromatic heterocycles. The number of aromatic amines is 1. The maximum absolute atomic E-state index is 6.16. The van der Waals surface area contributed by atoms with Crippen LogP contribution >= 0.6 is 0 Å². The summed E-state index contributed by atoms with van der Waals surface area (Å²) in [5, 5.41) is 7.79. The highest BCUT2D eigenvalue weighted by atomic mass is 16.7. The molecule has 0 bridgehead atoms. The van der Waals surface area contributed by atoms with Crippen LogP contribution in [0.4, 0.5) is 0 Å². The molecule has 0 saturated carbocycles. The fraction of sp³-hybridized carbons (Fsp3) is 0.375. The summed E-state index contributed by atoms with van der Waals surface area (Å²) in [6.07, 6.45) is 2.86. The Morgan fingerprint density at radius 2 is 2.27 bits per heavy atom. The zero-order valence-electron chi connectivity index (χ0n) is 12.3. The lowest BCUT2D eigenvalue weighted by molar-refractivity contribution is -0.306. The molecule has 6 nitrogen and oxygen atoms in total. The van der Waals surface area contributed by atoms with Gasteiger partial charge in [-0.15, -0.1) is 0 Å². The highest BCUT2D eigenvalue weighted by Gasteiger charge is 2.43. The van der Waals surface area contributed by atoms with E-state index in [2.05, 4.69) is 15.2 Å². The molecule has 1 aromatic carbocycles. The molecule has 22 heavy (non-hydrogen) atoms. The number of aromatic nitrogens is 3. The molecule has 2 atom stereocenters. The van der Waals surface area contributed by atoms with Gasteiger partial charge in [-0.1, -0.05) is 18.2 Å². The summed E-state index contributed by atoms with van der Waals surface area (Å²) in [7, 11) is 0. The van der Waals surface area contributed by atoms with Gasteiger partial charge in [-0.25, -0.2) is 4.98 Å². The fourth-order valence-corrected chi connectivity index (χ4v) is 2.82. The van der Waals surface area contributed by atoms with Crippen LogP contribution in [0.1, 0.15) is 24.9 Å². The highest BCUT2D eigenvalue weighted by molar-refractivity contribution is 5.77. The smallest absolute Gasteiger partial charge is 0.235 e.